The van der Waals surface area contributed by atoms with Crippen molar-refractivity contribution in [3.8, 4) is 0 Å². The Bertz CT molecular complexity index is 478. The van der Waals surface area contributed by atoms with Crippen molar-refractivity contribution in [3.63, 3.8) is 0 Å². The van der Waals surface area contributed by atoms with Gasteiger partial charge in [-0.25, -0.2) is 13.2 Å². The topological polar surface area (TPSA) is 20.3 Å². The molecule has 1 aromatic carbocycles. The van der Waals surface area contributed by atoms with Crippen molar-refractivity contribution in [2.45, 2.75) is 13.0 Å². The fraction of sp³-hybridized carbons (Fsp3) is 0.308. The van der Waals surface area contributed by atoms with Crippen LogP contribution in [0.15, 0.2) is 24.8 Å². The zero-order chi connectivity index (χ0) is 13.3. The molecule has 0 aliphatic carbocycles. The van der Waals surface area contributed by atoms with Gasteiger partial charge in [-0.1, -0.05) is 6.08 Å². The van der Waals surface area contributed by atoms with Crippen molar-refractivity contribution < 1.29 is 18.0 Å². The smallest absolute Gasteiger partial charge is 0.223 e. The van der Waals surface area contributed by atoms with Crippen LogP contribution >= 0.6 is 0 Å². The van der Waals surface area contributed by atoms with Gasteiger partial charge in [0.25, 0.3) is 0 Å². The number of hydrogen-bond donors (Lipinski definition) is 0. The van der Waals surface area contributed by atoms with Crippen LogP contribution in [0.25, 0.3) is 0 Å². The van der Waals surface area contributed by atoms with E-state index >= 15 is 0 Å². The number of carbonyl (C=O) groups excluding carboxylic acids is 1. The van der Waals surface area contributed by atoms with Crippen LogP contribution in [0.1, 0.15) is 12.0 Å². The third-order valence-electron chi connectivity index (χ3n) is 2.99. The molecule has 0 bridgehead atoms. The van der Waals surface area contributed by atoms with Gasteiger partial charge in [0, 0.05) is 25.4 Å². The molecule has 1 aromatic rings. The molecule has 1 amide bonds. The highest BCUT2D eigenvalue weighted by molar-refractivity contribution is 5.78. The molecule has 2 rings (SSSR count). The summed E-state index contributed by atoms with van der Waals surface area (Å²) >= 11 is 0. The average Bonchev–Trinajstić information content (AvgIpc) is 2.67. The molecule has 1 atom stereocenters. The van der Waals surface area contributed by atoms with E-state index in [2.05, 4.69) is 6.58 Å². The van der Waals surface area contributed by atoms with E-state index < -0.39 is 17.5 Å². The molecule has 1 aliphatic heterocycles. The molecule has 1 fully saturated rings. The van der Waals surface area contributed by atoms with Crippen LogP contribution in [0.5, 0.6) is 0 Å². The first-order valence-corrected chi connectivity index (χ1v) is 5.55. The largest absolute Gasteiger partial charge is 0.338 e. The first-order chi connectivity index (χ1) is 8.51. The second kappa shape index (κ2) is 4.84. The van der Waals surface area contributed by atoms with Crippen LogP contribution in [0.3, 0.4) is 0 Å². The Labute approximate surface area is 103 Å². The van der Waals surface area contributed by atoms with Gasteiger partial charge in [0.1, 0.15) is 0 Å². The Morgan fingerprint density at radius 1 is 1.33 bits per heavy atom. The highest BCUT2D eigenvalue weighted by Crippen LogP contribution is 2.22. The summed E-state index contributed by atoms with van der Waals surface area (Å²) in [6, 6.07) is 1.82. The van der Waals surface area contributed by atoms with E-state index in [1.165, 1.54) is 4.90 Å². The fourth-order valence-corrected chi connectivity index (χ4v) is 2.03. The normalized spacial score (nSPS) is 19.4. The van der Waals surface area contributed by atoms with E-state index in [0.717, 1.165) is 12.1 Å². The summed E-state index contributed by atoms with van der Waals surface area (Å²) < 4.78 is 38.8. The lowest BCUT2D eigenvalue weighted by atomic mass is 10.1. The number of rotatable bonds is 3. The molecule has 0 aromatic heterocycles. The van der Waals surface area contributed by atoms with Crippen molar-refractivity contribution >= 4 is 5.91 Å². The van der Waals surface area contributed by atoms with Crippen molar-refractivity contribution in [2.24, 2.45) is 5.92 Å². The minimum Gasteiger partial charge on any atom is -0.338 e. The first-order valence-electron chi connectivity index (χ1n) is 5.55. The van der Waals surface area contributed by atoms with Gasteiger partial charge in [0.05, 0.1) is 0 Å². The van der Waals surface area contributed by atoms with Crippen LogP contribution < -0.4 is 0 Å². The van der Waals surface area contributed by atoms with Gasteiger partial charge in [-0.3, -0.25) is 4.79 Å². The molecule has 0 saturated carbocycles. The van der Waals surface area contributed by atoms with E-state index in [0.29, 0.717) is 13.0 Å². The van der Waals surface area contributed by atoms with Crippen LogP contribution in [-0.4, -0.2) is 17.4 Å². The molecule has 0 spiro atoms. The molecule has 0 radical (unpaired) electrons. The maximum atomic E-state index is 13.0. The predicted molar refractivity (Wildman–Crippen MR) is 60.0 cm³/mol. The van der Waals surface area contributed by atoms with Crippen LogP contribution in [-0.2, 0) is 11.3 Å². The highest BCUT2D eigenvalue weighted by Gasteiger charge is 2.27. The lowest BCUT2D eigenvalue weighted by Gasteiger charge is -2.16. The predicted octanol–water partition coefficient (Wildman–Crippen LogP) is 2.64. The van der Waals surface area contributed by atoms with E-state index in [9.17, 15) is 18.0 Å². The molecule has 18 heavy (non-hydrogen) atoms. The zero-order valence-corrected chi connectivity index (χ0v) is 9.63. The van der Waals surface area contributed by atoms with E-state index in [1.54, 1.807) is 6.08 Å². The number of nitrogens with zero attached hydrogens (tertiary/aromatic N) is 1. The molecule has 2 nitrogen and oxygen atoms in total. The van der Waals surface area contributed by atoms with Crippen molar-refractivity contribution in [1.82, 2.24) is 4.90 Å². The molecule has 1 aliphatic rings. The Morgan fingerprint density at radius 3 is 2.44 bits per heavy atom. The molecule has 96 valence electrons. The SMILES string of the molecule is C=CC1CC(=O)N(Cc2cc(F)c(F)c(F)c2)C1. The highest BCUT2D eigenvalue weighted by atomic mass is 19.2. The summed E-state index contributed by atoms with van der Waals surface area (Å²) in [6.07, 6.45) is 2.04. The summed E-state index contributed by atoms with van der Waals surface area (Å²) in [6.45, 7) is 4.17. The maximum absolute atomic E-state index is 13.0. The van der Waals surface area contributed by atoms with Crippen LogP contribution in [0.2, 0.25) is 0 Å². The molecular formula is C13H12F3NO. The molecule has 1 saturated heterocycles. The monoisotopic (exact) mass is 255 g/mol. The second-order valence-corrected chi connectivity index (χ2v) is 4.35. The van der Waals surface area contributed by atoms with Gasteiger partial charge in [-0.05, 0) is 17.7 Å². The molecule has 1 unspecified atom stereocenters. The summed E-state index contributed by atoms with van der Waals surface area (Å²) in [4.78, 5) is 13.1. The Hall–Kier alpha value is -1.78. The number of carbonyl (C=O) groups is 1. The summed E-state index contributed by atoms with van der Waals surface area (Å²) in [5, 5.41) is 0. The van der Waals surface area contributed by atoms with Gasteiger partial charge >= 0.3 is 0 Å². The fourth-order valence-electron chi connectivity index (χ4n) is 2.03. The van der Waals surface area contributed by atoms with Crippen molar-refractivity contribution in [2.75, 3.05) is 6.54 Å². The number of halogens is 3. The van der Waals surface area contributed by atoms with Gasteiger partial charge < -0.3 is 4.90 Å². The van der Waals surface area contributed by atoms with Gasteiger partial charge in [0.15, 0.2) is 17.5 Å². The van der Waals surface area contributed by atoms with E-state index in [-0.39, 0.29) is 23.9 Å². The first kappa shape index (κ1) is 12.7. The summed E-state index contributed by atoms with van der Waals surface area (Å²) in [7, 11) is 0. The third kappa shape index (κ3) is 2.39. The number of amides is 1. The Kier molecular flexibility index (Phi) is 3.41. The molecular weight excluding hydrogens is 243 g/mol. The standard InChI is InChI=1S/C13H12F3NO/c1-2-8-5-12(18)17(6-8)7-9-3-10(14)13(16)11(15)4-9/h2-4,8H,1,5-7H2. The molecule has 5 heteroatoms. The minimum atomic E-state index is -1.49. The van der Waals surface area contributed by atoms with E-state index in [4.69, 9.17) is 0 Å². The number of hydrogen-bond acceptors (Lipinski definition) is 1. The van der Waals surface area contributed by atoms with Gasteiger partial charge in [-0.2, -0.15) is 0 Å². The molecule has 1 heterocycles. The van der Waals surface area contributed by atoms with Crippen LogP contribution in [0.4, 0.5) is 13.2 Å². The van der Waals surface area contributed by atoms with Gasteiger partial charge in [0.2, 0.25) is 5.91 Å². The summed E-state index contributed by atoms with van der Waals surface area (Å²) in [5.74, 6) is -4.00. The van der Waals surface area contributed by atoms with Gasteiger partial charge in [-0.15, -0.1) is 6.58 Å². The third-order valence-corrected chi connectivity index (χ3v) is 2.99. The quantitative estimate of drug-likeness (QED) is 0.600. The number of likely N-dealkylation sites (tertiary alicyclic amines) is 1. The average molecular weight is 255 g/mol. The van der Waals surface area contributed by atoms with Crippen molar-refractivity contribution in [3.05, 3.63) is 47.8 Å². The zero-order valence-electron chi connectivity index (χ0n) is 9.63. The number of benzene rings is 1. The van der Waals surface area contributed by atoms with Crippen molar-refractivity contribution in [1.29, 1.82) is 0 Å². The summed E-state index contributed by atoms with van der Waals surface area (Å²) in [5.41, 5.74) is 0.240. The molecule has 0 N–H and O–H groups in total. The Balaban J connectivity index is 2.15. The Morgan fingerprint density at radius 2 is 1.94 bits per heavy atom. The minimum absolute atomic E-state index is 0.0626. The maximum Gasteiger partial charge on any atom is 0.223 e. The van der Waals surface area contributed by atoms with Crippen LogP contribution in [0, 0.1) is 23.4 Å². The van der Waals surface area contributed by atoms with E-state index in [1.807, 2.05) is 0 Å². The lowest BCUT2D eigenvalue weighted by Crippen LogP contribution is -2.24. The lowest BCUT2D eigenvalue weighted by molar-refractivity contribution is -0.128. The second-order valence-electron chi connectivity index (χ2n) is 4.35.